The minimum Gasteiger partial charge on any atom is -0.497 e. The molecule has 41 heavy (non-hydrogen) atoms. The van der Waals surface area contributed by atoms with E-state index in [0.29, 0.717) is 74.0 Å². The summed E-state index contributed by atoms with van der Waals surface area (Å²) in [6.07, 6.45) is 2.10. The van der Waals surface area contributed by atoms with Crippen molar-refractivity contribution < 1.29 is 17.9 Å². The molecule has 218 valence electrons. The van der Waals surface area contributed by atoms with E-state index < -0.39 is 10.0 Å². The van der Waals surface area contributed by atoms with E-state index >= 15 is 0 Å². The summed E-state index contributed by atoms with van der Waals surface area (Å²) in [4.78, 5) is 23.0. The number of piperazine rings is 1. The minimum atomic E-state index is -3.82. The fourth-order valence-corrected chi connectivity index (χ4v) is 6.60. The SMILES string of the molecule is CCCc1nc(CC)c2c(=O)[nH]c(-c3cc(S(=O)(=O)N4CCN(c5ccc(OC)cc5)CC4)ccc3OCC)nn12. The fraction of sp³-hybridized carbons (Fsp3) is 0.414. The number of fused-ring (bicyclic) bond motifs is 1. The molecule has 5 rings (SSSR count). The van der Waals surface area contributed by atoms with Gasteiger partial charge in [-0.05, 0) is 62.2 Å². The predicted octanol–water partition coefficient (Wildman–Crippen LogP) is 3.52. The Balaban J connectivity index is 1.48. The summed E-state index contributed by atoms with van der Waals surface area (Å²) >= 11 is 0. The third-order valence-electron chi connectivity index (χ3n) is 7.27. The van der Waals surface area contributed by atoms with Crippen molar-refractivity contribution in [2.75, 3.05) is 44.8 Å². The van der Waals surface area contributed by atoms with Gasteiger partial charge in [-0.25, -0.2) is 17.9 Å². The number of methoxy groups -OCH3 is 1. The van der Waals surface area contributed by atoms with Crippen molar-refractivity contribution in [1.29, 1.82) is 0 Å². The highest BCUT2D eigenvalue weighted by Gasteiger charge is 2.30. The molecular formula is C29H36N6O5S. The molecule has 1 saturated heterocycles. The molecule has 3 heterocycles. The van der Waals surface area contributed by atoms with Crippen molar-refractivity contribution in [2.24, 2.45) is 0 Å². The Morgan fingerprint density at radius 2 is 1.73 bits per heavy atom. The standard InChI is InChI=1S/C29H36N6O5S/c1-5-8-26-30-24(6-2)27-29(36)31-28(32-35(26)27)23-19-22(13-14-25(23)40-7-3)41(37,38)34-17-15-33(16-18-34)20-9-11-21(39-4)12-10-20/h9-14,19H,5-8,15-18H2,1-4H3,(H,31,32,36). The van der Waals surface area contributed by atoms with Gasteiger partial charge in [0.15, 0.2) is 11.3 Å². The summed E-state index contributed by atoms with van der Waals surface area (Å²) in [5.74, 6) is 2.13. The first kappa shape index (κ1) is 28.6. The molecule has 0 saturated carbocycles. The van der Waals surface area contributed by atoms with Gasteiger partial charge in [0.25, 0.3) is 5.56 Å². The smallest absolute Gasteiger partial charge is 0.277 e. The Morgan fingerprint density at radius 3 is 2.37 bits per heavy atom. The van der Waals surface area contributed by atoms with Gasteiger partial charge in [-0.2, -0.15) is 4.31 Å². The quantitative estimate of drug-likeness (QED) is 0.302. The van der Waals surface area contributed by atoms with Crippen LogP contribution >= 0.6 is 0 Å². The lowest BCUT2D eigenvalue weighted by molar-refractivity contribution is 0.341. The molecule has 2 aromatic heterocycles. The maximum Gasteiger partial charge on any atom is 0.277 e. The predicted molar refractivity (Wildman–Crippen MR) is 158 cm³/mol. The number of rotatable bonds is 10. The lowest BCUT2D eigenvalue weighted by atomic mass is 10.2. The fourth-order valence-electron chi connectivity index (χ4n) is 5.15. The van der Waals surface area contributed by atoms with Gasteiger partial charge in [0, 0.05) is 38.3 Å². The number of benzene rings is 2. The number of H-pyrrole nitrogens is 1. The zero-order valence-electron chi connectivity index (χ0n) is 23.9. The van der Waals surface area contributed by atoms with Crippen molar-refractivity contribution >= 4 is 21.2 Å². The molecule has 2 aromatic carbocycles. The first-order valence-electron chi connectivity index (χ1n) is 14.0. The molecule has 0 bridgehead atoms. The van der Waals surface area contributed by atoms with Crippen LogP contribution in [0.3, 0.4) is 0 Å². The maximum absolute atomic E-state index is 13.8. The third-order valence-corrected chi connectivity index (χ3v) is 9.16. The van der Waals surface area contributed by atoms with Gasteiger partial charge >= 0.3 is 0 Å². The number of sulfonamides is 1. The Hall–Kier alpha value is -3.90. The van der Waals surface area contributed by atoms with Crippen LogP contribution in [0.4, 0.5) is 5.69 Å². The zero-order valence-corrected chi connectivity index (χ0v) is 24.7. The minimum absolute atomic E-state index is 0.116. The second kappa shape index (κ2) is 11.9. The number of nitrogens with zero attached hydrogens (tertiary/aromatic N) is 5. The van der Waals surface area contributed by atoms with Gasteiger partial charge in [0.2, 0.25) is 10.0 Å². The molecule has 12 heteroatoms. The zero-order chi connectivity index (χ0) is 29.1. The van der Waals surface area contributed by atoms with Gasteiger partial charge < -0.3 is 19.4 Å². The van der Waals surface area contributed by atoms with Crippen molar-refractivity contribution in [3.8, 4) is 22.9 Å². The van der Waals surface area contributed by atoms with Gasteiger partial charge in [-0.3, -0.25) is 4.79 Å². The number of imidazole rings is 1. The molecule has 1 fully saturated rings. The largest absolute Gasteiger partial charge is 0.497 e. The van der Waals surface area contributed by atoms with Crippen LogP contribution in [-0.4, -0.2) is 72.2 Å². The summed E-state index contributed by atoms with van der Waals surface area (Å²) in [5, 5.41) is 4.72. The second-order valence-corrected chi connectivity index (χ2v) is 11.8. The molecule has 4 aromatic rings. The van der Waals surface area contributed by atoms with Crippen LogP contribution in [0.2, 0.25) is 0 Å². The molecule has 0 unspecified atom stereocenters. The maximum atomic E-state index is 13.8. The van der Waals surface area contributed by atoms with Crippen LogP contribution < -0.4 is 19.9 Å². The van der Waals surface area contributed by atoms with E-state index in [0.717, 1.165) is 17.9 Å². The normalized spacial score (nSPS) is 14.5. The number of hydrogen-bond acceptors (Lipinski definition) is 8. The number of ether oxygens (including phenoxy) is 2. The van der Waals surface area contributed by atoms with Crippen molar-refractivity contribution in [2.45, 2.75) is 44.9 Å². The van der Waals surface area contributed by atoms with E-state index in [2.05, 4.69) is 14.9 Å². The summed E-state index contributed by atoms with van der Waals surface area (Å²) in [6.45, 7) is 8.00. The molecule has 11 nitrogen and oxygen atoms in total. The van der Waals surface area contributed by atoms with Crippen molar-refractivity contribution in [3.05, 3.63) is 64.3 Å². The number of hydrogen-bond donors (Lipinski definition) is 1. The molecule has 1 aliphatic rings. The van der Waals surface area contributed by atoms with Crippen LogP contribution in [0.25, 0.3) is 16.9 Å². The van der Waals surface area contributed by atoms with Crippen molar-refractivity contribution in [1.82, 2.24) is 23.9 Å². The molecule has 0 atom stereocenters. The lowest BCUT2D eigenvalue weighted by Crippen LogP contribution is -2.48. The van der Waals surface area contributed by atoms with Gasteiger partial charge in [-0.15, -0.1) is 5.10 Å². The highest BCUT2D eigenvalue weighted by atomic mass is 32.2. The highest BCUT2D eigenvalue weighted by molar-refractivity contribution is 7.89. The number of aryl methyl sites for hydroxylation is 2. The van der Waals surface area contributed by atoms with Gasteiger partial charge in [-0.1, -0.05) is 13.8 Å². The van der Waals surface area contributed by atoms with Crippen LogP contribution in [0.1, 0.15) is 38.7 Å². The monoisotopic (exact) mass is 580 g/mol. The average molecular weight is 581 g/mol. The van der Waals surface area contributed by atoms with Gasteiger partial charge in [0.1, 0.15) is 17.3 Å². The molecule has 1 aliphatic heterocycles. The topological polar surface area (TPSA) is 122 Å². The number of aromatic nitrogens is 4. The molecule has 0 radical (unpaired) electrons. The Bertz CT molecular complexity index is 1690. The van der Waals surface area contributed by atoms with Crippen LogP contribution in [0.15, 0.2) is 52.2 Å². The van der Waals surface area contributed by atoms with E-state index in [1.165, 1.54) is 10.4 Å². The van der Waals surface area contributed by atoms with Crippen LogP contribution in [0, 0.1) is 0 Å². The first-order valence-corrected chi connectivity index (χ1v) is 15.4. The van der Waals surface area contributed by atoms with Crippen LogP contribution in [-0.2, 0) is 22.9 Å². The molecular weight excluding hydrogens is 544 g/mol. The summed E-state index contributed by atoms with van der Waals surface area (Å²) < 4.78 is 41.7. The Morgan fingerprint density at radius 1 is 1.00 bits per heavy atom. The average Bonchev–Trinajstić information content (AvgIpc) is 3.35. The Kier molecular flexibility index (Phi) is 8.32. The lowest BCUT2D eigenvalue weighted by Gasteiger charge is -2.35. The summed E-state index contributed by atoms with van der Waals surface area (Å²) in [6, 6.07) is 12.5. The third kappa shape index (κ3) is 5.53. The summed E-state index contributed by atoms with van der Waals surface area (Å²) in [5.41, 5.74) is 2.19. The first-order chi connectivity index (χ1) is 19.8. The number of nitrogens with one attached hydrogen (secondary N) is 1. The molecule has 0 aliphatic carbocycles. The second-order valence-electron chi connectivity index (χ2n) is 9.82. The van der Waals surface area contributed by atoms with Gasteiger partial charge in [0.05, 0.1) is 29.9 Å². The van der Waals surface area contributed by atoms with E-state index in [9.17, 15) is 13.2 Å². The van der Waals surface area contributed by atoms with E-state index in [1.807, 2.05) is 45.0 Å². The van der Waals surface area contributed by atoms with Crippen molar-refractivity contribution in [3.63, 3.8) is 0 Å². The summed E-state index contributed by atoms with van der Waals surface area (Å²) in [7, 11) is -2.19. The number of aromatic amines is 1. The highest BCUT2D eigenvalue weighted by Crippen LogP contribution is 2.32. The van der Waals surface area contributed by atoms with Crippen LogP contribution in [0.5, 0.6) is 11.5 Å². The van der Waals surface area contributed by atoms with E-state index in [4.69, 9.17) is 14.6 Å². The Labute approximate surface area is 239 Å². The molecule has 1 N–H and O–H groups in total. The van der Waals surface area contributed by atoms with E-state index in [-0.39, 0.29) is 16.3 Å². The molecule has 0 spiro atoms. The van der Waals surface area contributed by atoms with E-state index in [1.54, 1.807) is 23.8 Å². The molecule has 0 amide bonds. The number of anilines is 1.